The highest BCUT2D eigenvalue weighted by molar-refractivity contribution is 5.85. The van der Waals surface area contributed by atoms with Crippen LogP contribution in [-0.2, 0) is 25.4 Å². The zero-order chi connectivity index (χ0) is 16.6. The fraction of sp³-hybridized carbons (Fsp3) is 0.571. The Bertz CT molecular complexity index is 862. The second-order valence-corrected chi connectivity index (χ2v) is 5.87. The molecule has 0 saturated carbocycles. The number of carbonyl (C=O) groups is 1. The Hall–Kier alpha value is -2.13. The number of piperidine rings is 1. The lowest BCUT2D eigenvalue weighted by Crippen LogP contribution is -2.49. The summed E-state index contributed by atoms with van der Waals surface area (Å²) < 4.78 is 3.79. The summed E-state index contributed by atoms with van der Waals surface area (Å²) in [6.45, 7) is 1.37. The van der Waals surface area contributed by atoms with Gasteiger partial charge in [-0.2, -0.15) is 0 Å². The second kappa shape index (κ2) is 7.18. The van der Waals surface area contributed by atoms with E-state index in [1.54, 1.807) is 11.6 Å². The fourth-order valence-electron chi connectivity index (χ4n) is 2.93. The van der Waals surface area contributed by atoms with Gasteiger partial charge in [-0.15, -0.1) is 12.4 Å². The van der Waals surface area contributed by atoms with Crippen molar-refractivity contribution in [2.75, 3.05) is 13.1 Å². The van der Waals surface area contributed by atoms with Crippen molar-refractivity contribution >= 4 is 29.5 Å². The molecule has 0 aromatic carbocycles. The molecule has 132 valence electrons. The Kier molecular flexibility index (Phi) is 5.45. The molecule has 3 heterocycles. The molecule has 1 amide bonds. The lowest BCUT2D eigenvalue weighted by Gasteiger charge is -2.23. The van der Waals surface area contributed by atoms with Gasteiger partial charge in [-0.3, -0.25) is 14.2 Å². The van der Waals surface area contributed by atoms with Crippen molar-refractivity contribution in [2.24, 2.45) is 14.1 Å². The monoisotopic (exact) mass is 356 g/mol. The number of amides is 1. The molecule has 24 heavy (non-hydrogen) atoms. The summed E-state index contributed by atoms with van der Waals surface area (Å²) in [5.41, 5.74) is -0.423. The smallest absolute Gasteiger partial charge is 0.332 e. The van der Waals surface area contributed by atoms with E-state index in [2.05, 4.69) is 15.6 Å². The number of halogens is 1. The minimum absolute atomic E-state index is 0. The van der Waals surface area contributed by atoms with Gasteiger partial charge in [-0.05, 0) is 19.4 Å². The number of aryl methyl sites for hydroxylation is 2. The number of aromatic nitrogens is 4. The molecule has 0 bridgehead atoms. The van der Waals surface area contributed by atoms with Crippen molar-refractivity contribution in [1.29, 1.82) is 0 Å². The lowest BCUT2D eigenvalue weighted by molar-refractivity contribution is -0.122. The topological polar surface area (TPSA) is 103 Å². The van der Waals surface area contributed by atoms with E-state index in [0.717, 1.165) is 24.0 Å². The number of fused-ring (bicyclic) bond motifs is 1. The molecule has 0 radical (unpaired) electrons. The predicted molar refractivity (Wildman–Crippen MR) is 91.5 cm³/mol. The van der Waals surface area contributed by atoms with Crippen LogP contribution in [0, 0.1) is 0 Å². The van der Waals surface area contributed by atoms with Gasteiger partial charge in [-0.1, -0.05) is 0 Å². The first kappa shape index (κ1) is 18.2. The van der Waals surface area contributed by atoms with Crippen molar-refractivity contribution in [3.05, 3.63) is 27.2 Å². The van der Waals surface area contributed by atoms with Crippen LogP contribution in [0.1, 0.15) is 12.8 Å². The molecule has 0 aliphatic carbocycles. The summed E-state index contributed by atoms with van der Waals surface area (Å²) in [6.07, 6.45) is 3.36. The standard InChI is InChI=1S/C14H20N6O3.ClH/c1-18-8-16-12-11(18)13(22)20(14(23)19(12)2)7-10(21)17-9-4-3-5-15-6-9;/h8-9,15H,3-7H2,1-2H3,(H,17,21);1H. The summed E-state index contributed by atoms with van der Waals surface area (Å²) in [4.78, 5) is 41.1. The van der Waals surface area contributed by atoms with Gasteiger partial charge in [0.05, 0.1) is 6.33 Å². The molecule has 10 heteroatoms. The summed E-state index contributed by atoms with van der Waals surface area (Å²) in [5.74, 6) is -0.334. The highest BCUT2D eigenvalue weighted by Crippen LogP contribution is 2.03. The van der Waals surface area contributed by atoms with Crippen LogP contribution in [0.25, 0.3) is 11.2 Å². The highest BCUT2D eigenvalue weighted by atomic mass is 35.5. The van der Waals surface area contributed by atoms with E-state index < -0.39 is 11.2 Å². The molecule has 1 unspecified atom stereocenters. The normalized spacial score (nSPS) is 17.5. The van der Waals surface area contributed by atoms with Crippen molar-refractivity contribution in [3.63, 3.8) is 0 Å². The first-order valence-corrected chi connectivity index (χ1v) is 7.60. The summed E-state index contributed by atoms with van der Waals surface area (Å²) in [7, 11) is 3.22. The van der Waals surface area contributed by atoms with Crippen LogP contribution in [0.5, 0.6) is 0 Å². The van der Waals surface area contributed by atoms with Crippen LogP contribution in [0.3, 0.4) is 0 Å². The molecule has 0 spiro atoms. The molecule has 1 aliphatic rings. The Morgan fingerprint density at radius 3 is 2.83 bits per heavy atom. The van der Waals surface area contributed by atoms with Gasteiger partial charge in [0.2, 0.25) is 5.91 Å². The maximum Gasteiger partial charge on any atom is 0.332 e. The highest BCUT2D eigenvalue weighted by Gasteiger charge is 2.19. The Morgan fingerprint density at radius 1 is 1.42 bits per heavy atom. The number of hydrogen-bond donors (Lipinski definition) is 2. The summed E-state index contributed by atoms with van der Waals surface area (Å²) >= 11 is 0. The van der Waals surface area contributed by atoms with E-state index in [0.29, 0.717) is 17.7 Å². The second-order valence-electron chi connectivity index (χ2n) is 5.87. The molecule has 3 rings (SSSR count). The van der Waals surface area contributed by atoms with Gasteiger partial charge in [0, 0.05) is 26.7 Å². The Balaban J connectivity index is 0.00000208. The van der Waals surface area contributed by atoms with E-state index in [1.165, 1.54) is 17.9 Å². The quantitative estimate of drug-likeness (QED) is 0.713. The number of carbonyl (C=O) groups excluding carboxylic acids is 1. The third-order valence-corrected chi connectivity index (χ3v) is 4.16. The maximum atomic E-state index is 12.5. The first-order valence-electron chi connectivity index (χ1n) is 7.60. The van der Waals surface area contributed by atoms with Gasteiger partial charge in [0.1, 0.15) is 6.54 Å². The fourth-order valence-corrected chi connectivity index (χ4v) is 2.93. The van der Waals surface area contributed by atoms with Gasteiger partial charge in [-0.25, -0.2) is 14.3 Å². The third kappa shape index (κ3) is 3.22. The van der Waals surface area contributed by atoms with Gasteiger partial charge in [0.25, 0.3) is 5.56 Å². The molecule has 2 aromatic heterocycles. The van der Waals surface area contributed by atoms with E-state index in [4.69, 9.17) is 0 Å². The first-order chi connectivity index (χ1) is 11.0. The molecular formula is C14H21ClN6O3. The minimum Gasteiger partial charge on any atom is -0.351 e. The molecule has 1 aliphatic heterocycles. The van der Waals surface area contributed by atoms with E-state index in [9.17, 15) is 14.4 Å². The predicted octanol–water partition coefficient (Wildman–Crippen LogP) is -1.28. The van der Waals surface area contributed by atoms with E-state index in [-0.39, 0.29) is 30.9 Å². The van der Waals surface area contributed by atoms with E-state index in [1.807, 2.05) is 0 Å². The van der Waals surface area contributed by atoms with Crippen LogP contribution in [0.2, 0.25) is 0 Å². The van der Waals surface area contributed by atoms with Crippen molar-refractivity contribution in [2.45, 2.75) is 25.4 Å². The SMILES string of the molecule is Cl.Cn1cnc2c1c(=O)n(CC(=O)NC1CCCNC1)c(=O)n2C. The number of rotatable bonds is 3. The molecule has 1 saturated heterocycles. The van der Waals surface area contributed by atoms with Crippen LogP contribution in [0.15, 0.2) is 15.9 Å². The largest absolute Gasteiger partial charge is 0.351 e. The van der Waals surface area contributed by atoms with Crippen molar-refractivity contribution in [1.82, 2.24) is 29.3 Å². The number of imidazole rings is 1. The summed E-state index contributed by atoms with van der Waals surface area (Å²) in [5, 5.41) is 6.07. The van der Waals surface area contributed by atoms with Crippen LogP contribution >= 0.6 is 12.4 Å². The molecule has 9 nitrogen and oxygen atoms in total. The maximum absolute atomic E-state index is 12.5. The van der Waals surface area contributed by atoms with Crippen molar-refractivity contribution in [3.8, 4) is 0 Å². The van der Waals surface area contributed by atoms with Gasteiger partial charge < -0.3 is 15.2 Å². The van der Waals surface area contributed by atoms with E-state index >= 15 is 0 Å². The summed E-state index contributed by atoms with van der Waals surface area (Å²) in [6, 6.07) is 0.0382. The molecule has 2 N–H and O–H groups in total. The zero-order valence-electron chi connectivity index (χ0n) is 13.6. The Morgan fingerprint density at radius 2 is 2.17 bits per heavy atom. The molecule has 1 fully saturated rings. The van der Waals surface area contributed by atoms with Crippen molar-refractivity contribution < 1.29 is 4.79 Å². The van der Waals surface area contributed by atoms with Crippen LogP contribution in [-0.4, -0.2) is 43.7 Å². The average molecular weight is 357 g/mol. The Labute approximate surface area is 144 Å². The van der Waals surface area contributed by atoms with Crippen LogP contribution in [0.4, 0.5) is 0 Å². The zero-order valence-corrected chi connectivity index (χ0v) is 14.4. The molecular weight excluding hydrogens is 336 g/mol. The number of nitrogens with zero attached hydrogens (tertiary/aromatic N) is 4. The minimum atomic E-state index is -0.543. The third-order valence-electron chi connectivity index (χ3n) is 4.16. The number of hydrogen-bond acceptors (Lipinski definition) is 5. The van der Waals surface area contributed by atoms with Crippen LogP contribution < -0.4 is 21.9 Å². The lowest BCUT2D eigenvalue weighted by atomic mass is 10.1. The molecule has 2 aromatic rings. The van der Waals surface area contributed by atoms with Gasteiger partial charge in [0.15, 0.2) is 11.2 Å². The average Bonchev–Trinajstić information content (AvgIpc) is 2.92. The van der Waals surface area contributed by atoms with Gasteiger partial charge >= 0.3 is 5.69 Å². The molecule has 1 atom stereocenters. The number of nitrogens with one attached hydrogen (secondary N) is 2.